The molecule has 18 heavy (non-hydrogen) atoms. The van der Waals surface area contributed by atoms with Gasteiger partial charge in [0.25, 0.3) is 0 Å². The fourth-order valence-electron chi connectivity index (χ4n) is 2.45. The number of carboxylic acid groups (broad SMARTS) is 1. The molecule has 1 amide bonds. The van der Waals surface area contributed by atoms with E-state index < -0.39 is 17.8 Å². The maximum atomic E-state index is 12.1. The van der Waals surface area contributed by atoms with Crippen molar-refractivity contribution in [2.45, 2.75) is 45.6 Å². The molecular weight excluding hydrogens is 234 g/mol. The van der Waals surface area contributed by atoms with Crippen LogP contribution in [0.25, 0.3) is 0 Å². The smallest absolute Gasteiger partial charge is 0.307 e. The van der Waals surface area contributed by atoms with E-state index >= 15 is 0 Å². The topological polar surface area (TPSA) is 86.6 Å². The molecule has 0 spiro atoms. The molecule has 0 aliphatic heterocycles. The molecule has 1 aliphatic carbocycles. The van der Waals surface area contributed by atoms with Gasteiger partial charge in [-0.2, -0.15) is 0 Å². The Bertz CT molecular complexity index is 303. The van der Waals surface area contributed by atoms with Gasteiger partial charge in [0.05, 0.1) is 24.5 Å². The zero-order chi connectivity index (χ0) is 13.7. The lowest BCUT2D eigenvalue weighted by atomic mass is 9.78. The normalized spacial score (nSPS) is 25.8. The molecule has 2 unspecified atom stereocenters. The number of nitrogens with one attached hydrogen (secondary N) is 1. The molecule has 0 bridgehead atoms. The summed E-state index contributed by atoms with van der Waals surface area (Å²) in [5.74, 6) is -2.02. The van der Waals surface area contributed by atoms with Gasteiger partial charge >= 0.3 is 5.97 Å². The van der Waals surface area contributed by atoms with Crippen molar-refractivity contribution in [1.29, 1.82) is 0 Å². The van der Waals surface area contributed by atoms with E-state index in [1.165, 1.54) is 0 Å². The number of aliphatic hydroxyl groups excluding tert-OH is 1. The number of carbonyl (C=O) groups is 2. The molecule has 5 heteroatoms. The Morgan fingerprint density at radius 1 is 1.22 bits per heavy atom. The van der Waals surface area contributed by atoms with E-state index in [2.05, 4.69) is 5.32 Å². The summed E-state index contributed by atoms with van der Waals surface area (Å²) in [6.07, 6.45) is 2.96. The number of rotatable bonds is 5. The quantitative estimate of drug-likeness (QED) is 0.686. The summed E-state index contributed by atoms with van der Waals surface area (Å²) >= 11 is 0. The van der Waals surface area contributed by atoms with Crippen LogP contribution in [0.5, 0.6) is 0 Å². The minimum atomic E-state index is -0.889. The Labute approximate surface area is 108 Å². The van der Waals surface area contributed by atoms with Crippen molar-refractivity contribution in [2.24, 2.45) is 17.8 Å². The van der Waals surface area contributed by atoms with Gasteiger partial charge < -0.3 is 15.5 Å². The van der Waals surface area contributed by atoms with Crippen molar-refractivity contribution in [3.05, 3.63) is 0 Å². The van der Waals surface area contributed by atoms with Gasteiger partial charge in [-0.1, -0.05) is 26.7 Å². The van der Waals surface area contributed by atoms with E-state index in [1.54, 1.807) is 0 Å². The number of aliphatic hydroxyl groups is 1. The van der Waals surface area contributed by atoms with Crippen LogP contribution in [-0.2, 0) is 9.59 Å². The summed E-state index contributed by atoms with van der Waals surface area (Å²) in [4.78, 5) is 23.2. The molecule has 1 saturated carbocycles. The van der Waals surface area contributed by atoms with Crippen LogP contribution in [0.4, 0.5) is 0 Å². The van der Waals surface area contributed by atoms with Gasteiger partial charge in [0.2, 0.25) is 5.91 Å². The van der Waals surface area contributed by atoms with Gasteiger partial charge in [-0.25, -0.2) is 0 Å². The Balaban J connectivity index is 2.65. The maximum absolute atomic E-state index is 12.1. The average molecular weight is 257 g/mol. The van der Waals surface area contributed by atoms with Crippen LogP contribution in [0.2, 0.25) is 0 Å². The molecular formula is C13H23NO4. The summed E-state index contributed by atoms with van der Waals surface area (Å²) in [5.41, 5.74) is 0. The predicted octanol–water partition coefficient (Wildman–Crippen LogP) is 1.01. The molecule has 0 aromatic heterocycles. The first kappa shape index (κ1) is 15.0. The molecule has 1 fully saturated rings. The van der Waals surface area contributed by atoms with Gasteiger partial charge in [-0.3, -0.25) is 9.59 Å². The molecule has 3 N–H and O–H groups in total. The minimum Gasteiger partial charge on any atom is -0.481 e. The molecule has 0 aromatic rings. The highest BCUT2D eigenvalue weighted by Gasteiger charge is 2.36. The van der Waals surface area contributed by atoms with Gasteiger partial charge in [0.15, 0.2) is 0 Å². The average Bonchev–Trinajstić information content (AvgIpc) is 2.35. The first-order valence-electron chi connectivity index (χ1n) is 6.61. The van der Waals surface area contributed by atoms with Crippen molar-refractivity contribution in [1.82, 2.24) is 5.32 Å². The zero-order valence-corrected chi connectivity index (χ0v) is 11.1. The van der Waals surface area contributed by atoms with E-state index in [9.17, 15) is 14.7 Å². The second kappa shape index (κ2) is 6.73. The number of aliphatic carboxylic acids is 1. The van der Waals surface area contributed by atoms with Crippen LogP contribution in [0, 0.1) is 17.8 Å². The number of hydrogen-bond donors (Lipinski definition) is 3. The predicted molar refractivity (Wildman–Crippen MR) is 66.9 cm³/mol. The van der Waals surface area contributed by atoms with Crippen molar-refractivity contribution >= 4 is 11.9 Å². The standard InChI is InChI=1S/C13H23NO4/c1-8(2)11(7-15)14-12(16)9-5-3-4-6-10(9)13(17)18/h8-11,15H,3-7H2,1-2H3,(H,14,16)(H,17,18)/t9?,10?,11-/m1/s1. The van der Waals surface area contributed by atoms with Crippen molar-refractivity contribution in [3.63, 3.8) is 0 Å². The molecule has 1 rings (SSSR count). The van der Waals surface area contributed by atoms with E-state index in [0.717, 1.165) is 12.8 Å². The highest BCUT2D eigenvalue weighted by molar-refractivity contribution is 5.85. The van der Waals surface area contributed by atoms with Crippen molar-refractivity contribution in [3.8, 4) is 0 Å². The van der Waals surface area contributed by atoms with Gasteiger partial charge in [-0.05, 0) is 18.8 Å². The van der Waals surface area contributed by atoms with Gasteiger partial charge in [-0.15, -0.1) is 0 Å². The third-order valence-electron chi connectivity index (χ3n) is 3.75. The number of hydrogen-bond acceptors (Lipinski definition) is 3. The molecule has 0 radical (unpaired) electrons. The summed E-state index contributed by atoms with van der Waals surface area (Å²) in [5, 5.41) is 21.1. The third kappa shape index (κ3) is 3.70. The highest BCUT2D eigenvalue weighted by Crippen LogP contribution is 2.30. The van der Waals surface area contributed by atoms with Crippen LogP contribution in [0.1, 0.15) is 39.5 Å². The minimum absolute atomic E-state index is 0.117. The molecule has 1 aliphatic rings. The largest absolute Gasteiger partial charge is 0.481 e. The first-order valence-corrected chi connectivity index (χ1v) is 6.61. The van der Waals surface area contributed by atoms with E-state index in [-0.39, 0.29) is 24.5 Å². The molecule has 0 saturated heterocycles. The van der Waals surface area contributed by atoms with E-state index in [4.69, 9.17) is 5.11 Å². The Morgan fingerprint density at radius 2 is 1.78 bits per heavy atom. The summed E-state index contributed by atoms with van der Waals surface area (Å²) in [7, 11) is 0. The van der Waals surface area contributed by atoms with Crippen LogP contribution >= 0.6 is 0 Å². The SMILES string of the molecule is CC(C)[C@@H](CO)NC(=O)C1CCCCC1C(=O)O. The highest BCUT2D eigenvalue weighted by atomic mass is 16.4. The van der Waals surface area contributed by atoms with Crippen LogP contribution in [0.15, 0.2) is 0 Å². The van der Waals surface area contributed by atoms with Crippen LogP contribution < -0.4 is 5.32 Å². The summed E-state index contributed by atoms with van der Waals surface area (Å²) < 4.78 is 0. The second-order valence-corrected chi connectivity index (χ2v) is 5.38. The molecule has 5 nitrogen and oxygen atoms in total. The Hall–Kier alpha value is -1.10. The lowest BCUT2D eigenvalue weighted by molar-refractivity contribution is -0.149. The van der Waals surface area contributed by atoms with Gasteiger partial charge in [0.1, 0.15) is 0 Å². The maximum Gasteiger partial charge on any atom is 0.307 e. The van der Waals surface area contributed by atoms with Gasteiger partial charge in [0, 0.05) is 0 Å². The summed E-state index contributed by atoms with van der Waals surface area (Å²) in [6.45, 7) is 3.71. The fourth-order valence-corrected chi connectivity index (χ4v) is 2.45. The molecule has 3 atom stereocenters. The number of carboxylic acids is 1. The molecule has 104 valence electrons. The second-order valence-electron chi connectivity index (χ2n) is 5.38. The van der Waals surface area contributed by atoms with Crippen molar-refractivity contribution < 1.29 is 19.8 Å². The Morgan fingerprint density at radius 3 is 2.22 bits per heavy atom. The lowest BCUT2D eigenvalue weighted by Crippen LogP contribution is -2.47. The fraction of sp³-hybridized carbons (Fsp3) is 0.846. The van der Waals surface area contributed by atoms with Crippen molar-refractivity contribution in [2.75, 3.05) is 6.61 Å². The van der Waals surface area contributed by atoms with E-state index in [1.807, 2.05) is 13.8 Å². The first-order chi connectivity index (χ1) is 8.47. The lowest BCUT2D eigenvalue weighted by Gasteiger charge is -2.30. The van der Waals surface area contributed by atoms with Crippen LogP contribution in [-0.4, -0.2) is 34.7 Å². The number of carbonyl (C=O) groups excluding carboxylic acids is 1. The summed E-state index contributed by atoms with van der Waals surface area (Å²) in [6, 6.07) is -0.297. The van der Waals surface area contributed by atoms with E-state index in [0.29, 0.717) is 12.8 Å². The Kier molecular flexibility index (Phi) is 5.59. The third-order valence-corrected chi connectivity index (χ3v) is 3.75. The van der Waals surface area contributed by atoms with Crippen LogP contribution in [0.3, 0.4) is 0 Å². The molecule has 0 heterocycles. The monoisotopic (exact) mass is 257 g/mol. The molecule has 0 aromatic carbocycles. The zero-order valence-electron chi connectivity index (χ0n) is 11.1. The number of amides is 1.